The van der Waals surface area contributed by atoms with Crippen LogP contribution in [0.1, 0.15) is 6.92 Å². The van der Waals surface area contributed by atoms with Gasteiger partial charge in [-0.05, 0) is 35.5 Å². The molecule has 1 heterocycles. The van der Waals surface area contributed by atoms with Gasteiger partial charge >= 0.3 is 0 Å². The second-order valence-electron chi connectivity index (χ2n) is 4.23. The molecule has 0 bridgehead atoms. The van der Waals surface area contributed by atoms with Gasteiger partial charge in [-0.15, -0.1) is 5.10 Å². The number of hydrogen-bond acceptors (Lipinski definition) is 6. The molecule has 108 valence electrons. The monoisotopic (exact) mass is 297 g/mol. The van der Waals surface area contributed by atoms with Crippen molar-refractivity contribution in [3.05, 3.63) is 30.6 Å². The fourth-order valence-electron chi connectivity index (χ4n) is 1.69. The van der Waals surface area contributed by atoms with Crippen LogP contribution in [0.15, 0.2) is 35.5 Å². The molecule has 0 fully saturated rings. The van der Waals surface area contributed by atoms with Crippen LogP contribution in [0.3, 0.4) is 0 Å². The third-order valence-electron chi connectivity index (χ3n) is 2.51. The first-order chi connectivity index (χ1) is 9.53. The maximum atomic E-state index is 12.2. The lowest BCUT2D eigenvalue weighted by Gasteiger charge is -2.13. The van der Waals surface area contributed by atoms with Crippen LogP contribution < -0.4 is 4.72 Å². The number of sulfonamides is 1. The van der Waals surface area contributed by atoms with E-state index in [2.05, 4.69) is 20.2 Å². The Hall–Kier alpha value is -1.84. The van der Waals surface area contributed by atoms with Crippen molar-refractivity contribution in [1.82, 2.24) is 24.9 Å². The molecule has 1 aromatic carbocycles. The summed E-state index contributed by atoms with van der Waals surface area (Å²) in [4.78, 5) is 0.147. The van der Waals surface area contributed by atoms with Gasteiger partial charge in [0.1, 0.15) is 6.33 Å². The van der Waals surface area contributed by atoms with Crippen molar-refractivity contribution in [3.63, 3.8) is 0 Å². The Morgan fingerprint density at radius 2 is 2.25 bits per heavy atom. The molecular formula is C11H15N5O3S. The van der Waals surface area contributed by atoms with Crippen LogP contribution in [0.2, 0.25) is 0 Å². The summed E-state index contributed by atoms with van der Waals surface area (Å²) in [6.07, 6.45) is 1.40. The number of rotatable bonds is 6. The topological polar surface area (TPSA) is 99.0 Å². The van der Waals surface area contributed by atoms with E-state index in [1.54, 1.807) is 19.1 Å². The fraction of sp³-hybridized carbons (Fsp3) is 0.364. The van der Waals surface area contributed by atoms with Crippen molar-refractivity contribution >= 4 is 10.0 Å². The molecule has 0 spiro atoms. The van der Waals surface area contributed by atoms with E-state index in [9.17, 15) is 8.42 Å². The Bertz CT molecular complexity index is 656. The van der Waals surface area contributed by atoms with Gasteiger partial charge in [-0.25, -0.2) is 17.8 Å². The Balaban J connectivity index is 2.26. The highest BCUT2D eigenvalue weighted by Crippen LogP contribution is 2.14. The third-order valence-corrected chi connectivity index (χ3v) is 4.10. The molecule has 1 atom stereocenters. The molecule has 0 saturated heterocycles. The number of benzene rings is 1. The van der Waals surface area contributed by atoms with E-state index >= 15 is 0 Å². The standard InChI is InChI=1S/C11H15N5O3S/c1-9(7-19-2)13-20(17,18)11-5-3-4-10(6-11)16-8-12-14-15-16/h3-6,8-9,13H,7H2,1-2H3/t9-/m0/s1. The lowest BCUT2D eigenvalue weighted by Crippen LogP contribution is -2.35. The van der Waals surface area contributed by atoms with E-state index in [4.69, 9.17) is 4.74 Å². The summed E-state index contributed by atoms with van der Waals surface area (Å²) in [6.45, 7) is 2.03. The molecule has 0 amide bonds. The number of nitrogens with zero attached hydrogens (tertiary/aromatic N) is 4. The number of tetrazole rings is 1. The van der Waals surface area contributed by atoms with Crippen molar-refractivity contribution in [3.8, 4) is 5.69 Å². The molecule has 0 aliphatic rings. The fourth-order valence-corrected chi connectivity index (χ4v) is 2.96. The Morgan fingerprint density at radius 3 is 2.90 bits per heavy atom. The van der Waals surface area contributed by atoms with Gasteiger partial charge in [-0.1, -0.05) is 6.07 Å². The Kier molecular flexibility index (Phi) is 4.42. The second kappa shape index (κ2) is 6.07. The highest BCUT2D eigenvalue weighted by molar-refractivity contribution is 7.89. The molecule has 1 aromatic heterocycles. The molecule has 0 aliphatic heterocycles. The molecular weight excluding hydrogens is 282 g/mol. The first kappa shape index (κ1) is 14.6. The minimum absolute atomic E-state index is 0.147. The number of nitrogens with one attached hydrogen (secondary N) is 1. The zero-order chi connectivity index (χ0) is 14.6. The summed E-state index contributed by atoms with van der Waals surface area (Å²) < 4.78 is 33.3. The summed E-state index contributed by atoms with van der Waals surface area (Å²) in [5.41, 5.74) is 0.567. The largest absolute Gasteiger partial charge is 0.383 e. The van der Waals surface area contributed by atoms with Crippen molar-refractivity contribution in [2.45, 2.75) is 17.9 Å². The highest BCUT2D eigenvalue weighted by Gasteiger charge is 2.18. The molecule has 8 nitrogen and oxygen atoms in total. The molecule has 0 unspecified atom stereocenters. The van der Waals surface area contributed by atoms with E-state index < -0.39 is 10.0 Å². The first-order valence-corrected chi connectivity index (χ1v) is 7.36. The number of ether oxygens (including phenoxy) is 1. The van der Waals surface area contributed by atoms with E-state index in [0.29, 0.717) is 12.3 Å². The molecule has 1 N–H and O–H groups in total. The smallest absolute Gasteiger partial charge is 0.240 e. The molecule has 20 heavy (non-hydrogen) atoms. The maximum absolute atomic E-state index is 12.2. The van der Waals surface area contributed by atoms with Gasteiger partial charge < -0.3 is 4.74 Å². The number of hydrogen-bond donors (Lipinski definition) is 1. The second-order valence-corrected chi connectivity index (χ2v) is 5.94. The van der Waals surface area contributed by atoms with Gasteiger partial charge in [0.2, 0.25) is 10.0 Å². The summed E-state index contributed by atoms with van der Waals surface area (Å²) >= 11 is 0. The normalized spacial score (nSPS) is 13.3. The van der Waals surface area contributed by atoms with Crippen molar-refractivity contribution in [2.24, 2.45) is 0 Å². The van der Waals surface area contributed by atoms with Crippen LogP contribution in [0.25, 0.3) is 5.69 Å². The van der Waals surface area contributed by atoms with Crippen molar-refractivity contribution in [1.29, 1.82) is 0 Å². The Morgan fingerprint density at radius 1 is 1.45 bits per heavy atom. The van der Waals surface area contributed by atoms with Gasteiger partial charge in [0.15, 0.2) is 0 Å². The average molecular weight is 297 g/mol. The summed E-state index contributed by atoms with van der Waals surface area (Å²) in [5.74, 6) is 0. The van der Waals surface area contributed by atoms with E-state index in [0.717, 1.165) is 0 Å². The SMILES string of the molecule is COC[C@H](C)NS(=O)(=O)c1cccc(-n2cnnn2)c1. The maximum Gasteiger partial charge on any atom is 0.240 e. The van der Waals surface area contributed by atoms with E-state index in [1.807, 2.05) is 0 Å². The van der Waals surface area contributed by atoms with Crippen LogP contribution in [0.4, 0.5) is 0 Å². The van der Waals surface area contributed by atoms with Gasteiger partial charge in [0.25, 0.3) is 0 Å². The van der Waals surface area contributed by atoms with Crippen LogP contribution in [-0.2, 0) is 14.8 Å². The van der Waals surface area contributed by atoms with Gasteiger partial charge in [0.05, 0.1) is 17.2 Å². The van der Waals surface area contributed by atoms with E-state index in [1.165, 1.54) is 30.3 Å². The van der Waals surface area contributed by atoms with Crippen LogP contribution in [-0.4, -0.2) is 48.4 Å². The minimum Gasteiger partial charge on any atom is -0.383 e. The quantitative estimate of drug-likeness (QED) is 0.804. The highest BCUT2D eigenvalue weighted by atomic mass is 32.2. The lowest BCUT2D eigenvalue weighted by atomic mass is 10.3. The summed E-state index contributed by atoms with van der Waals surface area (Å²) in [5, 5.41) is 10.7. The predicted molar refractivity (Wildman–Crippen MR) is 70.8 cm³/mol. The number of methoxy groups -OCH3 is 1. The molecule has 2 aromatic rings. The molecule has 9 heteroatoms. The molecule has 0 radical (unpaired) electrons. The zero-order valence-electron chi connectivity index (χ0n) is 11.1. The number of aromatic nitrogens is 4. The van der Waals surface area contributed by atoms with E-state index in [-0.39, 0.29) is 10.9 Å². The minimum atomic E-state index is -3.61. The Labute approximate surface area is 116 Å². The third kappa shape index (κ3) is 3.38. The van der Waals surface area contributed by atoms with Gasteiger partial charge in [-0.3, -0.25) is 0 Å². The molecule has 0 saturated carbocycles. The van der Waals surface area contributed by atoms with Crippen molar-refractivity contribution in [2.75, 3.05) is 13.7 Å². The van der Waals surface area contributed by atoms with Crippen LogP contribution >= 0.6 is 0 Å². The lowest BCUT2D eigenvalue weighted by molar-refractivity contribution is 0.180. The molecule has 0 aliphatic carbocycles. The first-order valence-electron chi connectivity index (χ1n) is 5.87. The van der Waals surface area contributed by atoms with Crippen LogP contribution in [0.5, 0.6) is 0 Å². The molecule has 2 rings (SSSR count). The van der Waals surface area contributed by atoms with Gasteiger partial charge in [0, 0.05) is 13.2 Å². The summed E-state index contributed by atoms with van der Waals surface area (Å²) in [7, 11) is -2.09. The zero-order valence-corrected chi connectivity index (χ0v) is 11.9. The van der Waals surface area contributed by atoms with Gasteiger partial charge in [-0.2, -0.15) is 0 Å². The van der Waals surface area contributed by atoms with Crippen LogP contribution in [0, 0.1) is 0 Å². The summed E-state index contributed by atoms with van der Waals surface area (Å²) in [6, 6.07) is 6.04. The average Bonchev–Trinajstić information content (AvgIpc) is 2.92. The predicted octanol–water partition coefficient (Wildman–Crippen LogP) is -0.0245. The van der Waals surface area contributed by atoms with Crippen molar-refractivity contribution < 1.29 is 13.2 Å².